The molecule has 0 aliphatic rings. The maximum atomic E-state index is 12.7. The second-order valence-corrected chi connectivity index (χ2v) is 6.12. The third-order valence-electron chi connectivity index (χ3n) is 2.45. The van der Waals surface area contributed by atoms with Crippen molar-refractivity contribution in [2.45, 2.75) is 4.90 Å². The van der Waals surface area contributed by atoms with Gasteiger partial charge in [-0.15, -0.1) is 0 Å². The number of halogens is 2. The molecule has 0 fully saturated rings. The van der Waals surface area contributed by atoms with E-state index in [0.717, 1.165) is 5.41 Å². The van der Waals surface area contributed by atoms with Crippen LogP contribution in [0.2, 0.25) is 5.02 Å². The van der Waals surface area contributed by atoms with Gasteiger partial charge in [0, 0.05) is 10.4 Å². The van der Waals surface area contributed by atoms with Gasteiger partial charge in [0.1, 0.15) is 5.82 Å². The van der Waals surface area contributed by atoms with Gasteiger partial charge in [-0.1, -0.05) is 23.7 Å². The molecule has 2 nitrogen and oxygen atoms in total. The van der Waals surface area contributed by atoms with Gasteiger partial charge in [0.05, 0.1) is 4.90 Å². The minimum Gasteiger partial charge on any atom is -0.219 e. The highest BCUT2D eigenvalue weighted by Crippen LogP contribution is 2.17. The number of sulfone groups is 1. The minimum absolute atomic E-state index is 0.162. The van der Waals surface area contributed by atoms with Crippen molar-refractivity contribution in [3.05, 3.63) is 70.3 Å². The zero-order valence-corrected chi connectivity index (χ0v) is 11.3. The summed E-state index contributed by atoms with van der Waals surface area (Å²) in [4.78, 5) is 0.162. The molecule has 0 spiro atoms. The molecule has 0 radical (unpaired) electrons. The van der Waals surface area contributed by atoms with E-state index >= 15 is 0 Å². The van der Waals surface area contributed by atoms with Crippen molar-refractivity contribution >= 4 is 27.5 Å². The van der Waals surface area contributed by atoms with Crippen molar-refractivity contribution in [3.8, 4) is 0 Å². The first-order valence-corrected chi connectivity index (χ1v) is 7.34. The summed E-state index contributed by atoms with van der Waals surface area (Å²) in [6, 6.07) is 11.5. The van der Waals surface area contributed by atoms with Gasteiger partial charge in [-0.3, -0.25) is 0 Å². The molecule has 0 saturated carbocycles. The van der Waals surface area contributed by atoms with Gasteiger partial charge in [0.2, 0.25) is 0 Å². The van der Waals surface area contributed by atoms with E-state index in [1.165, 1.54) is 54.6 Å². The molecule has 98 valence electrons. The van der Waals surface area contributed by atoms with Crippen LogP contribution in [-0.2, 0) is 9.84 Å². The third-order valence-corrected chi connectivity index (χ3v) is 4.13. The molecule has 0 unspecified atom stereocenters. The molecular formula is C14H10ClFO2S. The summed E-state index contributed by atoms with van der Waals surface area (Å²) in [6.07, 6.45) is 1.42. The highest BCUT2D eigenvalue weighted by Gasteiger charge is 2.09. The zero-order valence-electron chi connectivity index (χ0n) is 9.75. The minimum atomic E-state index is -3.52. The average Bonchev–Trinajstić information content (AvgIpc) is 2.39. The standard InChI is InChI=1S/C14H10ClFO2S/c15-12-3-7-14(8-4-12)19(17,18)10-9-11-1-5-13(16)6-2-11/h1-10H/b10-9+. The predicted octanol–water partition coefficient (Wildman–Crippen LogP) is 3.92. The van der Waals surface area contributed by atoms with E-state index in [1.807, 2.05) is 0 Å². The SMILES string of the molecule is O=S(=O)(/C=C/c1ccc(F)cc1)c1ccc(Cl)cc1. The first-order valence-electron chi connectivity index (χ1n) is 5.42. The molecule has 0 N–H and O–H groups in total. The smallest absolute Gasteiger partial charge is 0.199 e. The molecule has 0 bridgehead atoms. The fourth-order valence-electron chi connectivity index (χ4n) is 1.44. The van der Waals surface area contributed by atoms with Gasteiger partial charge in [0.25, 0.3) is 0 Å². The van der Waals surface area contributed by atoms with Crippen LogP contribution >= 0.6 is 11.6 Å². The van der Waals surface area contributed by atoms with Crippen molar-refractivity contribution in [2.24, 2.45) is 0 Å². The quantitative estimate of drug-likeness (QED) is 0.860. The van der Waals surface area contributed by atoms with Crippen molar-refractivity contribution in [3.63, 3.8) is 0 Å². The third kappa shape index (κ3) is 3.66. The summed E-state index contributed by atoms with van der Waals surface area (Å²) in [5.41, 5.74) is 0.610. The lowest BCUT2D eigenvalue weighted by molar-refractivity contribution is 0.605. The number of hydrogen-bond acceptors (Lipinski definition) is 2. The van der Waals surface area contributed by atoms with Crippen molar-refractivity contribution in [2.75, 3.05) is 0 Å². The Morgan fingerprint density at radius 3 is 2.11 bits per heavy atom. The van der Waals surface area contributed by atoms with Gasteiger partial charge in [-0.25, -0.2) is 12.8 Å². The molecule has 0 aromatic heterocycles. The Morgan fingerprint density at radius 2 is 1.53 bits per heavy atom. The molecular weight excluding hydrogens is 287 g/mol. The lowest BCUT2D eigenvalue weighted by Gasteiger charge is -1.99. The fourth-order valence-corrected chi connectivity index (χ4v) is 2.58. The van der Waals surface area contributed by atoms with Crippen LogP contribution in [0.1, 0.15) is 5.56 Å². The fraction of sp³-hybridized carbons (Fsp3) is 0. The summed E-state index contributed by atoms with van der Waals surface area (Å²) < 4.78 is 36.7. The van der Waals surface area contributed by atoms with Gasteiger partial charge in [-0.05, 0) is 48.0 Å². The van der Waals surface area contributed by atoms with Crippen LogP contribution in [0.3, 0.4) is 0 Å². The summed E-state index contributed by atoms with van der Waals surface area (Å²) in [6.45, 7) is 0. The molecule has 2 aromatic carbocycles. The van der Waals surface area contributed by atoms with E-state index in [9.17, 15) is 12.8 Å². The van der Waals surface area contributed by atoms with Crippen LogP contribution in [0.15, 0.2) is 58.8 Å². The molecule has 2 rings (SSSR count). The molecule has 0 saturated heterocycles. The molecule has 0 aliphatic carbocycles. The van der Waals surface area contributed by atoms with Crippen LogP contribution in [0.25, 0.3) is 6.08 Å². The second kappa shape index (κ2) is 5.55. The summed E-state index contributed by atoms with van der Waals surface area (Å²) in [5, 5.41) is 1.56. The van der Waals surface area contributed by atoms with Crippen LogP contribution < -0.4 is 0 Å². The zero-order chi connectivity index (χ0) is 13.9. The van der Waals surface area contributed by atoms with Crippen LogP contribution in [0.5, 0.6) is 0 Å². The topological polar surface area (TPSA) is 34.1 Å². The van der Waals surface area contributed by atoms with Gasteiger partial charge in [-0.2, -0.15) is 0 Å². The van der Waals surface area contributed by atoms with Crippen molar-refractivity contribution in [1.82, 2.24) is 0 Å². The summed E-state index contributed by atoms with van der Waals surface area (Å²) >= 11 is 5.70. The first-order chi connectivity index (χ1) is 8.97. The number of hydrogen-bond donors (Lipinski definition) is 0. The Kier molecular flexibility index (Phi) is 4.02. The predicted molar refractivity (Wildman–Crippen MR) is 74.1 cm³/mol. The molecule has 5 heteroatoms. The Balaban J connectivity index is 2.26. The van der Waals surface area contributed by atoms with E-state index in [0.29, 0.717) is 10.6 Å². The molecule has 0 amide bonds. The van der Waals surface area contributed by atoms with Crippen molar-refractivity contribution < 1.29 is 12.8 Å². The highest BCUT2D eigenvalue weighted by molar-refractivity contribution is 7.94. The van der Waals surface area contributed by atoms with Gasteiger partial charge in [0.15, 0.2) is 9.84 Å². The highest BCUT2D eigenvalue weighted by atomic mass is 35.5. The maximum absolute atomic E-state index is 12.7. The number of benzene rings is 2. The van der Waals surface area contributed by atoms with E-state index in [1.54, 1.807) is 0 Å². The Bertz CT molecular complexity index is 689. The normalized spacial score (nSPS) is 11.9. The Morgan fingerprint density at radius 1 is 0.947 bits per heavy atom. The van der Waals surface area contributed by atoms with Gasteiger partial charge < -0.3 is 0 Å². The second-order valence-electron chi connectivity index (χ2n) is 3.85. The van der Waals surface area contributed by atoms with E-state index < -0.39 is 9.84 Å². The van der Waals surface area contributed by atoms with Crippen LogP contribution in [-0.4, -0.2) is 8.42 Å². The molecule has 19 heavy (non-hydrogen) atoms. The van der Waals surface area contributed by atoms with Crippen LogP contribution in [0, 0.1) is 5.82 Å². The molecule has 0 atom stereocenters. The maximum Gasteiger partial charge on any atom is 0.199 e. The van der Waals surface area contributed by atoms with Crippen LogP contribution in [0.4, 0.5) is 4.39 Å². The average molecular weight is 297 g/mol. The monoisotopic (exact) mass is 296 g/mol. The number of rotatable bonds is 3. The lowest BCUT2D eigenvalue weighted by atomic mass is 10.2. The summed E-state index contributed by atoms with van der Waals surface area (Å²) in [5.74, 6) is -0.363. The Hall–Kier alpha value is -1.65. The van der Waals surface area contributed by atoms with E-state index in [4.69, 9.17) is 11.6 Å². The summed E-state index contributed by atoms with van der Waals surface area (Å²) in [7, 11) is -3.52. The van der Waals surface area contributed by atoms with E-state index in [-0.39, 0.29) is 10.7 Å². The molecule has 0 heterocycles. The Labute approximate surface area is 116 Å². The first kappa shape index (κ1) is 13.8. The van der Waals surface area contributed by atoms with E-state index in [2.05, 4.69) is 0 Å². The largest absolute Gasteiger partial charge is 0.219 e. The molecule has 0 aliphatic heterocycles. The lowest BCUT2D eigenvalue weighted by Crippen LogP contribution is -1.95. The van der Waals surface area contributed by atoms with Gasteiger partial charge >= 0.3 is 0 Å². The van der Waals surface area contributed by atoms with Crippen molar-refractivity contribution in [1.29, 1.82) is 0 Å². The molecule has 2 aromatic rings.